The molecule has 2 aliphatic rings. The van der Waals surface area contributed by atoms with Gasteiger partial charge in [0.05, 0.1) is 26.4 Å². The summed E-state index contributed by atoms with van der Waals surface area (Å²) in [5.74, 6) is 2.84. The van der Waals surface area contributed by atoms with Crippen LogP contribution in [-0.2, 0) is 11.3 Å². The number of nitrogens with zero attached hydrogens (tertiary/aromatic N) is 3. The Balaban J connectivity index is 1.54. The molecule has 0 spiro atoms. The van der Waals surface area contributed by atoms with Crippen LogP contribution in [-0.4, -0.2) is 67.9 Å². The Labute approximate surface area is 175 Å². The molecule has 1 saturated carbocycles. The second-order valence-electron chi connectivity index (χ2n) is 8.29. The number of aromatic nitrogens is 1. The van der Waals surface area contributed by atoms with Crippen LogP contribution in [0.5, 0.6) is 5.88 Å². The fraction of sp³-hybridized carbons (Fsp3) is 0.727. The van der Waals surface area contributed by atoms with Crippen molar-refractivity contribution in [3.05, 3.63) is 23.9 Å². The third-order valence-electron chi connectivity index (χ3n) is 5.49. The van der Waals surface area contributed by atoms with Gasteiger partial charge in [-0.1, -0.05) is 13.8 Å². The Kier molecular flexibility index (Phi) is 8.55. The van der Waals surface area contributed by atoms with Crippen LogP contribution < -0.4 is 15.4 Å². The predicted octanol–water partition coefficient (Wildman–Crippen LogP) is 2.28. The number of morpholine rings is 1. The van der Waals surface area contributed by atoms with Gasteiger partial charge in [0.2, 0.25) is 5.88 Å². The molecular formula is C22H37N5O2. The van der Waals surface area contributed by atoms with Crippen LogP contribution in [0.15, 0.2) is 23.3 Å². The molecule has 1 unspecified atom stereocenters. The van der Waals surface area contributed by atoms with Crippen molar-refractivity contribution in [2.24, 2.45) is 16.8 Å². The highest BCUT2D eigenvalue weighted by Crippen LogP contribution is 2.29. The minimum Gasteiger partial charge on any atom is -0.477 e. The molecule has 0 radical (unpaired) electrons. The first kappa shape index (κ1) is 21.8. The smallest absolute Gasteiger partial charge is 0.213 e. The van der Waals surface area contributed by atoms with Crippen molar-refractivity contribution in [3.63, 3.8) is 0 Å². The van der Waals surface area contributed by atoms with Crippen LogP contribution in [0.3, 0.4) is 0 Å². The van der Waals surface area contributed by atoms with Crippen molar-refractivity contribution in [1.29, 1.82) is 0 Å². The summed E-state index contributed by atoms with van der Waals surface area (Å²) in [4.78, 5) is 11.6. The van der Waals surface area contributed by atoms with E-state index in [0.29, 0.717) is 24.4 Å². The monoisotopic (exact) mass is 403 g/mol. The lowest BCUT2D eigenvalue weighted by Gasteiger charge is -2.37. The maximum atomic E-state index is 5.79. The molecule has 7 nitrogen and oxygen atoms in total. The largest absolute Gasteiger partial charge is 0.477 e. The quantitative estimate of drug-likeness (QED) is 0.461. The van der Waals surface area contributed by atoms with Gasteiger partial charge in [0, 0.05) is 44.5 Å². The lowest BCUT2D eigenvalue weighted by molar-refractivity contribution is 0.00752. The first-order chi connectivity index (χ1) is 14.2. The van der Waals surface area contributed by atoms with Gasteiger partial charge in [-0.05, 0) is 43.2 Å². The molecule has 2 heterocycles. The maximum absolute atomic E-state index is 5.79. The zero-order valence-corrected chi connectivity index (χ0v) is 18.2. The summed E-state index contributed by atoms with van der Waals surface area (Å²) in [6.45, 7) is 13.4. The van der Waals surface area contributed by atoms with Gasteiger partial charge in [0.25, 0.3) is 0 Å². The predicted molar refractivity (Wildman–Crippen MR) is 116 cm³/mol. The molecule has 2 fully saturated rings. The van der Waals surface area contributed by atoms with E-state index in [0.717, 1.165) is 63.4 Å². The van der Waals surface area contributed by atoms with E-state index in [1.807, 2.05) is 12.1 Å². The number of hydrogen-bond acceptors (Lipinski definition) is 5. The second-order valence-corrected chi connectivity index (χ2v) is 8.29. The molecule has 0 aromatic carbocycles. The van der Waals surface area contributed by atoms with Gasteiger partial charge >= 0.3 is 0 Å². The van der Waals surface area contributed by atoms with Crippen molar-refractivity contribution < 1.29 is 9.47 Å². The molecule has 1 atom stereocenters. The summed E-state index contributed by atoms with van der Waals surface area (Å²) >= 11 is 0. The number of rotatable bonds is 10. The standard InChI is InChI=1S/C22H37N5O2/c1-4-23-22(26-15-20(17(2)3)27-9-11-28-12-10-27)25-14-19-7-8-24-21(13-19)29-16-18-5-6-18/h7-8,13,17-18,20H,4-6,9-12,14-16H2,1-3H3,(H2,23,25,26). The molecule has 1 aromatic heterocycles. The first-order valence-electron chi connectivity index (χ1n) is 11.1. The molecule has 0 amide bonds. The van der Waals surface area contributed by atoms with Crippen molar-refractivity contribution in [1.82, 2.24) is 20.5 Å². The molecule has 1 aliphatic carbocycles. The van der Waals surface area contributed by atoms with Crippen LogP contribution in [0.25, 0.3) is 0 Å². The van der Waals surface area contributed by atoms with Gasteiger partial charge in [0.15, 0.2) is 5.96 Å². The normalized spacial score (nSPS) is 19.2. The summed E-state index contributed by atoms with van der Waals surface area (Å²) < 4.78 is 11.3. The van der Waals surface area contributed by atoms with Crippen LogP contribution >= 0.6 is 0 Å². The van der Waals surface area contributed by atoms with Crippen molar-refractivity contribution >= 4 is 5.96 Å². The average Bonchev–Trinajstić information content (AvgIpc) is 3.56. The molecular weight excluding hydrogens is 366 g/mol. The number of ether oxygens (including phenoxy) is 2. The van der Waals surface area contributed by atoms with E-state index >= 15 is 0 Å². The minimum atomic E-state index is 0.464. The maximum Gasteiger partial charge on any atom is 0.213 e. The fourth-order valence-electron chi connectivity index (χ4n) is 3.52. The third kappa shape index (κ3) is 7.48. The number of hydrogen-bond donors (Lipinski definition) is 2. The lowest BCUT2D eigenvalue weighted by Crippen LogP contribution is -2.52. The molecule has 0 bridgehead atoms. The van der Waals surface area contributed by atoms with Gasteiger partial charge in [0.1, 0.15) is 0 Å². The SMILES string of the molecule is CCNC(=NCc1ccnc(OCC2CC2)c1)NCC(C(C)C)N1CCOCC1. The molecule has 162 valence electrons. The molecule has 2 N–H and O–H groups in total. The summed E-state index contributed by atoms with van der Waals surface area (Å²) in [5.41, 5.74) is 1.11. The van der Waals surface area contributed by atoms with Crippen molar-refractivity contribution in [2.75, 3.05) is 46.0 Å². The molecule has 1 aliphatic heterocycles. The number of pyridine rings is 1. The van der Waals surface area contributed by atoms with Crippen LogP contribution in [0.4, 0.5) is 0 Å². The van der Waals surface area contributed by atoms with Gasteiger partial charge in [-0.25, -0.2) is 9.98 Å². The molecule has 29 heavy (non-hydrogen) atoms. The zero-order chi connectivity index (χ0) is 20.5. The van der Waals surface area contributed by atoms with E-state index in [9.17, 15) is 0 Å². The number of aliphatic imine (C=N–C) groups is 1. The highest BCUT2D eigenvalue weighted by atomic mass is 16.5. The summed E-state index contributed by atoms with van der Waals surface area (Å²) in [5, 5.41) is 6.90. The van der Waals surface area contributed by atoms with Crippen LogP contribution in [0, 0.1) is 11.8 Å². The second kappa shape index (κ2) is 11.4. The van der Waals surface area contributed by atoms with E-state index in [1.54, 1.807) is 6.20 Å². The van der Waals surface area contributed by atoms with E-state index in [-0.39, 0.29) is 0 Å². The first-order valence-corrected chi connectivity index (χ1v) is 11.1. The Bertz CT molecular complexity index is 642. The lowest BCUT2D eigenvalue weighted by atomic mass is 10.0. The Morgan fingerprint density at radius 2 is 2.10 bits per heavy atom. The van der Waals surface area contributed by atoms with Crippen LogP contribution in [0.1, 0.15) is 39.2 Å². The highest BCUT2D eigenvalue weighted by Gasteiger charge is 2.24. The Morgan fingerprint density at radius 3 is 2.79 bits per heavy atom. The highest BCUT2D eigenvalue weighted by molar-refractivity contribution is 5.79. The van der Waals surface area contributed by atoms with Crippen LogP contribution in [0.2, 0.25) is 0 Å². The van der Waals surface area contributed by atoms with Gasteiger partial charge in [-0.15, -0.1) is 0 Å². The zero-order valence-electron chi connectivity index (χ0n) is 18.2. The Morgan fingerprint density at radius 1 is 1.31 bits per heavy atom. The van der Waals surface area contributed by atoms with E-state index in [2.05, 4.69) is 41.3 Å². The summed E-state index contributed by atoms with van der Waals surface area (Å²) in [7, 11) is 0. The Hall–Kier alpha value is -1.86. The van der Waals surface area contributed by atoms with Crippen molar-refractivity contribution in [3.8, 4) is 5.88 Å². The van der Waals surface area contributed by atoms with Gasteiger partial charge in [-0.2, -0.15) is 0 Å². The van der Waals surface area contributed by atoms with Crippen molar-refractivity contribution in [2.45, 2.75) is 46.2 Å². The number of nitrogens with one attached hydrogen (secondary N) is 2. The molecule has 1 aromatic rings. The van der Waals surface area contributed by atoms with Gasteiger partial charge < -0.3 is 20.1 Å². The minimum absolute atomic E-state index is 0.464. The topological polar surface area (TPSA) is 71.0 Å². The molecule has 7 heteroatoms. The average molecular weight is 404 g/mol. The van der Waals surface area contributed by atoms with E-state index in [1.165, 1.54) is 12.8 Å². The number of guanidine groups is 1. The molecule has 3 rings (SSSR count). The van der Waals surface area contributed by atoms with Gasteiger partial charge in [-0.3, -0.25) is 4.90 Å². The summed E-state index contributed by atoms with van der Waals surface area (Å²) in [6.07, 6.45) is 4.37. The molecule has 1 saturated heterocycles. The summed E-state index contributed by atoms with van der Waals surface area (Å²) in [6, 6.07) is 4.47. The third-order valence-corrected chi connectivity index (χ3v) is 5.49. The van der Waals surface area contributed by atoms with E-state index < -0.39 is 0 Å². The van der Waals surface area contributed by atoms with E-state index in [4.69, 9.17) is 14.5 Å². The fourth-order valence-corrected chi connectivity index (χ4v) is 3.52.